The van der Waals surface area contributed by atoms with Crippen LogP contribution >= 0.6 is 0 Å². The van der Waals surface area contributed by atoms with Crippen molar-refractivity contribution in [1.82, 2.24) is 0 Å². The lowest BCUT2D eigenvalue weighted by atomic mass is 9.53. The minimum atomic E-state index is -4.82. The molecule has 5 rings (SSSR count). The standard InChI is InChI=1S/C28H28F6O2/c1-25-11-9-21-20-6-4-19(35)15-16(20)2-5-22(21)24(25)10-13-26(25,36)12-8-17-14-18(27(29,30)31)3-7-23(17)28(32,33)34/h3-4,6-8,12,14-15,21-22,24,35-36H,2,5,9-11,13H2,1H3/b12-8+/t21-,22-,24+,25+,26+/m1/s1. The lowest BCUT2D eigenvalue weighted by molar-refractivity contribution is -0.141. The first kappa shape index (κ1) is 25.2. The molecule has 0 saturated heterocycles. The molecular weight excluding hydrogens is 482 g/mol. The lowest BCUT2D eigenvalue weighted by Crippen LogP contribution is -2.49. The van der Waals surface area contributed by atoms with E-state index in [0.717, 1.165) is 30.9 Å². The number of halogens is 6. The van der Waals surface area contributed by atoms with Crippen molar-refractivity contribution in [3.05, 3.63) is 70.3 Å². The van der Waals surface area contributed by atoms with Crippen LogP contribution in [0.5, 0.6) is 5.75 Å². The molecular formula is C28H28F6O2. The normalized spacial score (nSPS) is 32.3. The number of aliphatic hydroxyl groups is 1. The number of rotatable bonds is 2. The third kappa shape index (κ3) is 4.01. The van der Waals surface area contributed by atoms with E-state index in [0.29, 0.717) is 49.3 Å². The smallest absolute Gasteiger partial charge is 0.416 e. The topological polar surface area (TPSA) is 40.5 Å². The van der Waals surface area contributed by atoms with Crippen molar-refractivity contribution in [1.29, 1.82) is 0 Å². The van der Waals surface area contributed by atoms with Gasteiger partial charge < -0.3 is 10.2 Å². The number of aryl methyl sites for hydroxylation is 1. The van der Waals surface area contributed by atoms with Gasteiger partial charge in [0.05, 0.1) is 16.7 Å². The number of hydrogen-bond acceptors (Lipinski definition) is 2. The third-order valence-corrected chi connectivity index (χ3v) is 9.15. The average molecular weight is 511 g/mol. The Morgan fingerprint density at radius 3 is 2.36 bits per heavy atom. The Balaban J connectivity index is 1.47. The summed E-state index contributed by atoms with van der Waals surface area (Å²) in [5.74, 6) is 0.957. The molecule has 5 atom stereocenters. The molecule has 3 aliphatic carbocycles. The van der Waals surface area contributed by atoms with Gasteiger partial charge in [0, 0.05) is 5.41 Å². The van der Waals surface area contributed by atoms with E-state index in [1.165, 1.54) is 11.6 Å². The van der Waals surface area contributed by atoms with Gasteiger partial charge in [0.25, 0.3) is 0 Å². The molecule has 0 unspecified atom stereocenters. The molecule has 8 heteroatoms. The van der Waals surface area contributed by atoms with Crippen LogP contribution in [0.4, 0.5) is 26.3 Å². The van der Waals surface area contributed by atoms with Crippen LogP contribution in [0.25, 0.3) is 6.08 Å². The van der Waals surface area contributed by atoms with Gasteiger partial charge in [-0.3, -0.25) is 0 Å². The monoisotopic (exact) mass is 510 g/mol. The number of phenolic OH excluding ortho intramolecular Hbond substituents is 1. The molecule has 0 aliphatic heterocycles. The van der Waals surface area contributed by atoms with Gasteiger partial charge in [-0.15, -0.1) is 0 Å². The van der Waals surface area contributed by atoms with Crippen LogP contribution in [0, 0.1) is 17.3 Å². The molecule has 3 aliphatic rings. The summed E-state index contributed by atoms with van der Waals surface area (Å²) in [6.45, 7) is 1.97. The summed E-state index contributed by atoms with van der Waals surface area (Å²) < 4.78 is 80.3. The molecule has 194 valence electrons. The Morgan fingerprint density at radius 2 is 1.67 bits per heavy atom. The van der Waals surface area contributed by atoms with Crippen molar-refractivity contribution in [3.8, 4) is 5.75 Å². The second-order valence-electron chi connectivity index (χ2n) is 10.8. The molecule has 0 spiro atoms. The molecule has 2 N–H and O–H groups in total. The maximum atomic E-state index is 13.6. The summed E-state index contributed by atoms with van der Waals surface area (Å²) in [7, 11) is 0. The highest BCUT2D eigenvalue weighted by molar-refractivity contribution is 5.58. The molecule has 2 nitrogen and oxygen atoms in total. The molecule has 0 radical (unpaired) electrons. The van der Waals surface area contributed by atoms with Gasteiger partial charge in [-0.25, -0.2) is 0 Å². The molecule has 0 amide bonds. The third-order valence-electron chi connectivity index (χ3n) is 9.15. The Morgan fingerprint density at radius 1 is 0.917 bits per heavy atom. The predicted molar refractivity (Wildman–Crippen MR) is 123 cm³/mol. The Kier molecular flexibility index (Phi) is 5.78. The largest absolute Gasteiger partial charge is 0.508 e. The van der Waals surface area contributed by atoms with Crippen LogP contribution in [0.2, 0.25) is 0 Å². The van der Waals surface area contributed by atoms with E-state index >= 15 is 0 Å². The van der Waals surface area contributed by atoms with Gasteiger partial charge in [0.2, 0.25) is 0 Å². The molecule has 0 heterocycles. The molecule has 0 bridgehead atoms. The molecule has 2 aromatic rings. The van der Waals surface area contributed by atoms with Crippen molar-refractivity contribution in [2.24, 2.45) is 17.3 Å². The van der Waals surface area contributed by atoms with Crippen LogP contribution in [0.1, 0.15) is 72.8 Å². The van der Waals surface area contributed by atoms with Gasteiger partial charge in [-0.2, -0.15) is 26.3 Å². The highest BCUT2D eigenvalue weighted by Gasteiger charge is 2.60. The van der Waals surface area contributed by atoms with Gasteiger partial charge in [0.1, 0.15) is 5.75 Å². The van der Waals surface area contributed by atoms with Gasteiger partial charge in [-0.1, -0.05) is 25.1 Å². The van der Waals surface area contributed by atoms with Gasteiger partial charge in [-0.05, 0) is 103 Å². The van der Waals surface area contributed by atoms with E-state index in [4.69, 9.17) is 0 Å². The van der Waals surface area contributed by atoms with Crippen molar-refractivity contribution >= 4 is 6.08 Å². The van der Waals surface area contributed by atoms with Crippen LogP contribution in [-0.2, 0) is 18.8 Å². The van der Waals surface area contributed by atoms with E-state index in [-0.39, 0.29) is 11.7 Å². The van der Waals surface area contributed by atoms with Crippen LogP contribution in [0.15, 0.2) is 42.5 Å². The number of hydrogen-bond donors (Lipinski definition) is 2. The number of fused-ring (bicyclic) bond motifs is 5. The predicted octanol–water partition coefficient (Wildman–Crippen LogP) is 7.73. The van der Waals surface area contributed by atoms with Crippen molar-refractivity contribution in [3.63, 3.8) is 0 Å². The highest BCUT2D eigenvalue weighted by Crippen LogP contribution is 2.64. The zero-order valence-electron chi connectivity index (χ0n) is 19.8. The van der Waals surface area contributed by atoms with E-state index in [1.54, 1.807) is 12.1 Å². The second-order valence-corrected chi connectivity index (χ2v) is 10.8. The summed E-state index contributed by atoms with van der Waals surface area (Å²) in [5, 5.41) is 21.6. The summed E-state index contributed by atoms with van der Waals surface area (Å²) in [6, 6.07) is 6.85. The Labute approximate surface area is 205 Å². The fraction of sp³-hybridized carbons (Fsp3) is 0.500. The minimum absolute atomic E-state index is 0.136. The fourth-order valence-electron chi connectivity index (χ4n) is 7.26. The fourth-order valence-corrected chi connectivity index (χ4v) is 7.26. The van der Waals surface area contributed by atoms with Crippen molar-refractivity contribution < 1.29 is 36.6 Å². The van der Waals surface area contributed by atoms with E-state index in [2.05, 4.69) is 0 Å². The first-order valence-electron chi connectivity index (χ1n) is 12.2. The molecule has 2 saturated carbocycles. The quantitative estimate of drug-likeness (QED) is 0.406. The van der Waals surface area contributed by atoms with E-state index in [1.807, 2.05) is 13.0 Å². The SMILES string of the molecule is C[C@]12CC[C@@H]3c4ccc(O)cc4CC[C@H]3[C@@H]1CC[C@@]2(O)/C=C/c1cc(C(F)(F)F)ccc1C(F)(F)F. The molecule has 2 fully saturated rings. The molecule has 2 aromatic carbocycles. The highest BCUT2D eigenvalue weighted by atomic mass is 19.4. The Bertz CT molecular complexity index is 1200. The summed E-state index contributed by atoms with van der Waals surface area (Å²) in [4.78, 5) is 0. The minimum Gasteiger partial charge on any atom is -0.508 e. The zero-order chi connectivity index (χ0) is 26.1. The Hall–Kier alpha value is -2.48. The summed E-state index contributed by atoms with van der Waals surface area (Å²) in [6.07, 6.45) is -3.08. The first-order chi connectivity index (χ1) is 16.7. The van der Waals surface area contributed by atoms with E-state index < -0.39 is 40.1 Å². The van der Waals surface area contributed by atoms with E-state index in [9.17, 15) is 36.6 Å². The zero-order valence-corrected chi connectivity index (χ0v) is 19.8. The van der Waals surface area contributed by atoms with Crippen LogP contribution in [0.3, 0.4) is 0 Å². The number of benzene rings is 2. The second kappa shape index (κ2) is 8.27. The van der Waals surface area contributed by atoms with Crippen LogP contribution < -0.4 is 0 Å². The first-order valence-corrected chi connectivity index (χ1v) is 12.2. The number of phenols is 1. The molecule has 0 aromatic heterocycles. The average Bonchev–Trinajstić information content (AvgIpc) is 3.07. The number of aromatic hydroxyl groups is 1. The maximum Gasteiger partial charge on any atom is 0.416 e. The van der Waals surface area contributed by atoms with Crippen molar-refractivity contribution in [2.45, 2.75) is 69.3 Å². The maximum absolute atomic E-state index is 13.6. The summed E-state index contributed by atoms with van der Waals surface area (Å²) in [5.41, 5.74) is -2.59. The lowest BCUT2D eigenvalue weighted by Gasteiger charge is -2.52. The molecule has 36 heavy (non-hydrogen) atoms. The van der Waals surface area contributed by atoms with Gasteiger partial charge in [0.15, 0.2) is 0 Å². The van der Waals surface area contributed by atoms with Gasteiger partial charge >= 0.3 is 12.4 Å². The van der Waals surface area contributed by atoms with Crippen LogP contribution in [-0.4, -0.2) is 15.8 Å². The van der Waals surface area contributed by atoms with Crippen molar-refractivity contribution in [2.75, 3.05) is 0 Å². The number of alkyl halides is 6. The summed E-state index contributed by atoms with van der Waals surface area (Å²) >= 11 is 0.